The molecule has 0 fully saturated rings. The van der Waals surface area contributed by atoms with Gasteiger partial charge < -0.3 is 5.32 Å². The van der Waals surface area contributed by atoms with Crippen molar-refractivity contribution in [3.63, 3.8) is 0 Å². The first-order chi connectivity index (χ1) is 6.79. The van der Waals surface area contributed by atoms with Gasteiger partial charge in [-0.1, -0.05) is 29.8 Å². The first-order valence-corrected chi connectivity index (χ1v) is 5.01. The molecular weight excluding hydrogens is 201 g/mol. The Kier molecular flexibility index (Phi) is 2.85. The van der Waals surface area contributed by atoms with Crippen LogP contribution in [0, 0.1) is 5.82 Å². The summed E-state index contributed by atoms with van der Waals surface area (Å²) in [5, 5.41) is 3.38. The second-order valence-corrected chi connectivity index (χ2v) is 3.69. The van der Waals surface area contributed by atoms with E-state index >= 15 is 0 Å². The van der Waals surface area contributed by atoms with Crippen LogP contribution in [0.4, 0.5) is 4.39 Å². The fourth-order valence-corrected chi connectivity index (χ4v) is 1.79. The summed E-state index contributed by atoms with van der Waals surface area (Å²) >= 11 is 5.72. The lowest BCUT2D eigenvalue weighted by atomic mass is 10.00. The lowest BCUT2D eigenvalue weighted by Crippen LogP contribution is -2.20. The summed E-state index contributed by atoms with van der Waals surface area (Å²) in [7, 11) is 0. The van der Waals surface area contributed by atoms with Gasteiger partial charge in [0.1, 0.15) is 5.82 Å². The first kappa shape index (κ1) is 9.69. The Balaban J connectivity index is 2.40. The van der Waals surface area contributed by atoms with E-state index in [1.807, 2.05) is 6.08 Å². The predicted octanol–water partition coefficient (Wildman–Crippen LogP) is 2.86. The van der Waals surface area contributed by atoms with Crippen molar-refractivity contribution >= 4 is 17.2 Å². The van der Waals surface area contributed by atoms with Crippen LogP contribution < -0.4 is 5.32 Å². The molecule has 0 aliphatic carbocycles. The van der Waals surface area contributed by atoms with E-state index in [1.54, 1.807) is 18.2 Å². The van der Waals surface area contributed by atoms with Gasteiger partial charge >= 0.3 is 0 Å². The number of halogens is 2. The normalized spacial score (nSPS) is 16.6. The van der Waals surface area contributed by atoms with Gasteiger partial charge in [-0.2, -0.15) is 0 Å². The molecule has 3 heteroatoms. The molecule has 0 saturated carbocycles. The van der Waals surface area contributed by atoms with E-state index < -0.39 is 0 Å². The highest BCUT2D eigenvalue weighted by atomic mass is 35.5. The zero-order valence-corrected chi connectivity index (χ0v) is 8.44. The van der Waals surface area contributed by atoms with E-state index in [1.165, 1.54) is 0 Å². The monoisotopic (exact) mass is 211 g/mol. The van der Waals surface area contributed by atoms with E-state index in [0.29, 0.717) is 5.56 Å². The fourth-order valence-electron chi connectivity index (χ4n) is 1.62. The van der Waals surface area contributed by atoms with Crippen LogP contribution >= 0.6 is 11.6 Å². The molecule has 0 atom stereocenters. The highest BCUT2D eigenvalue weighted by Gasteiger charge is 2.12. The molecule has 1 aromatic carbocycles. The lowest BCUT2D eigenvalue weighted by molar-refractivity contribution is 0.621. The zero-order chi connectivity index (χ0) is 9.97. The van der Waals surface area contributed by atoms with Gasteiger partial charge in [0.15, 0.2) is 0 Å². The van der Waals surface area contributed by atoms with Crippen LogP contribution in [0.5, 0.6) is 0 Å². The molecule has 0 saturated heterocycles. The average molecular weight is 212 g/mol. The molecule has 1 nitrogen and oxygen atoms in total. The summed E-state index contributed by atoms with van der Waals surface area (Å²) < 4.78 is 13.6. The molecule has 0 spiro atoms. The third-order valence-corrected chi connectivity index (χ3v) is 2.65. The summed E-state index contributed by atoms with van der Waals surface area (Å²) in [5.74, 6) is -0.303. The van der Waals surface area contributed by atoms with E-state index in [-0.39, 0.29) is 10.8 Å². The van der Waals surface area contributed by atoms with E-state index in [4.69, 9.17) is 11.6 Å². The number of nitrogens with one attached hydrogen (secondary N) is 1. The van der Waals surface area contributed by atoms with Crippen molar-refractivity contribution in [2.75, 3.05) is 13.1 Å². The topological polar surface area (TPSA) is 12.0 Å². The van der Waals surface area contributed by atoms with Crippen molar-refractivity contribution in [2.24, 2.45) is 0 Å². The summed E-state index contributed by atoms with van der Waals surface area (Å²) in [4.78, 5) is 0. The molecule has 0 amide bonds. The Morgan fingerprint density at radius 1 is 1.36 bits per heavy atom. The van der Waals surface area contributed by atoms with Gasteiger partial charge in [0, 0.05) is 12.1 Å². The third-order valence-electron chi connectivity index (χ3n) is 2.36. The maximum Gasteiger partial charge on any atom is 0.149 e. The minimum Gasteiger partial charge on any atom is -0.313 e. The molecule has 0 radical (unpaired) electrons. The molecule has 2 rings (SSSR count). The van der Waals surface area contributed by atoms with Gasteiger partial charge in [-0.05, 0) is 24.6 Å². The largest absolute Gasteiger partial charge is 0.313 e. The number of benzene rings is 1. The van der Waals surface area contributed by atoms with Gasteiger partial charge in [0.25, 0.3) is 0 Å². The minimum atomic E-state index is -0.303. The van der Waals surface area contributed by atoms with E-state index in [2.05, 4.69) is 5.32 Å². The van der Waals surface area contributed by atoms with E-state index in [9.17, 15) is 4.39 Å². The minimum absolute atomic E-state index is 0.196. The second-order valence-electron chi connectivity index (χ2n) is 3.28. The maximum atomic E-state index is 13.6. The average Bonchev–Trinajstić information content (AvgIpc) is 2.23. The summed E-state index contributed by atoms with van der Waals surface area (Å²) in [6, 6.07) is 5.13. The first-order valence-electron chi connectivity index (χ1n) is 4.63. The fraction of sp³-hybridized carbons (Fsp3) is 0.273. The van der Waals surface area contributed by atoms with Gasteiger partial charge in [0.05, 0.1) is 5.02 Å². The molecule has 0 bridgehead atoms. The van der Waals surface area contributed by atoms with Crippen molar-refractivity contribution in [1.82, 2.24) is 5.32 Å². The van der Waals surface area contributed by atoms with Gasteiger partial charge in [-0.3, -0.25) is 0 Å². The van der Waals surface area contributed by atoms with Gasteiger partial charge in [-0.15, -0.1) is 0 Å². The Bertz CT molecular complexity index is 374. The quantitative estimate of drug-likeness (QED) is 0.753. The Hall–Kier alpha value is -0.860. The Morgan fingerprint density at radius 3 is 2.93 bits per heavy atom. The molecule has 1 N–H and O–H groups in total. The molecule has 74 valence electrons. The van der Waals surface area contributed by atoms with Crippen LogP contribution in [0.25, 0.3) is 5.57 Å². The van der Waals surface area contributed by atoms with Crippen LogP contribution in [0.3, 0.4) is 0 Å². The van der Waals surface area contributed by atoms with Crippen molar-refractivity contribution < 1.29 is 4.39 Å². The highest BCUT2D eigenvalue weighted by Crippen LogP contribution is 2.26. The molecule has 1 aromatic rings. The van der Waals surface area contributed by atoms with Crippen LogP contribution in [0.1, 0.15) is 12.0 Å². The van der Waals surface area contributed by atoms with E-state index in [0.717, 1.165) is 25.1 Å². The summed E-state index contributed by atoms with van der Waals surface area (Å²) in [5.41, 5.74) is 1.68. The molecular formula is C11H11ClFN. The summed E-state index contributed by atoms with van der Waals surface area (Å²) in [6.07, 6.45) is 2.87. The Labute approximate surface area is 87.6 Å². The second kappa shape index (κ2) is 4.11. The SMILES string of the molecule is Fc1c(Cl)cccc1C1=CCNCC1. The van der Waals surface area contributed by atoms with Gasteiger partial charge in [-0.25, -0.2) is 4.39 Å². The predicted molar refractivity (Wildman–Crippen MR) is 56.9 cm³/mol. The number of hydrogen-bond donors (Lipinski definition) is 1. The zero-order valence-electron chi connectivity index (χ0n) is 7.69. The van der Waals surface area contributed by atoms with Crippen molar-refractivity contribution in [2.45, 2.75) is 6.42 Å². The maximum absolute atomic E-state index is 13.6. The van der Waals surface area contributed by atoms with Crippen LogP contribution in [0.15, 0.2) is 24.3 Å². The number of rotatable bonds is 1. The van der Waals surface area contributed by atoms with Gasteiger partial charge in [0.2, 0.25) is 0 Å². The molecule has 0 unspecified atom stereocenters. The lowest BCUT2D eigenvalue weighted by Gasteiger charge is -2.15. The molecule has 14 heavy (non-hydrogen) atoms. The van der Waals surface area contributed by atoms with Crippen molar-refractivity contribution in [1.29, 1.82) is 0 Å². The molecule has 0 aromatic heterocycles. The number of hydrogen-bond acceptors (Lipinski definition) is 1. The van der Waals surface area contributed by atoms with Crippen LogP contribution in [-0.2, 0) is 0 Å². The molecule has 1 aliphatic heterocycles. The molecule has 1 aliphatic rings. The summed E-state index contributed by atoms with van der Waals surface area (Å²) in [6.45, 7) is 1.71. The van der Waals surface area contributed by atoms with Crippen LogP contribution in [0.2, 0.25) is 5.02 Å². The standard InChI is InChI=1S/C11H11ClFN/c12-10-3-1-2-9(11(10)13)8-4-6-14-7-5-8/h1-4,14H,5-7H2. The van der Waals surface area contributed by atoms with Crippen LogP contribution in [-0.4, -0.2) is 13.1 Å². The highest BCUT2D eigenvalue weighted by molar-refractivity contribution is 6.30. The third kappa shape index (κ3) is 1.81. The smallest absolute Gasteiger partial charge is 0.149 e. The Morgan fingerprint density at radius 2 is 2.21 bits per heavy atom. The van der Waals surface area contributed by atoms with Crippen molar-refractivity contribution in [3.05, 3.63) is 40.7 Å². The molecule has 1 heterocycles. The van der Waals surface area contributed by atoms with Crippen molar-refractivity contribution in [3.8, 4) is 0 Å².